The fourth-order valence-electron chi connectivity index (χ4n) is 5.35. The molecule has 208 valence electrons. The van der Waals surface area contributed by atoms with E-state index in [0.29, 0.717) is 57.2 Å². The minimum Gasteiger partial charge on any atom is -0.454 e. The Hall–Kier alpha value is -4.83. The molecule has 3 heterocycles. The van der Waals surface area contributed by atoms with Crippen LogP contribution in [0.25, 0.3) is 10.9 Å². The second-order valence-electron chi connectivity index (χ2n) is 10.0. The highest BCUT2D eigenvalue weighted by molar-refractivity contribution is 6.45. The molecule has 0 radical (unpaired) electrons. The Morgan fingerprint density at radius 2 is 1.80 bits per heavy atom. The van der Waals surface area contributed by atoms with Crippen molar-refractivity contribution in [2.45, 2.75) is 25.3 Å². The van der Waals surface area contributed by atoms with E-state index < -0.39 is 29.6 Å². The van der Waals surface area contributed by atoms with E-state index >= 15 is 0 Å². The Bertz CT molecular complexity index is 1750. The molecule has 2 aliphatic rings. The van der Waals surface area contributed by atoms with E-state index in [1.807, 2.05) is 13.0 Å². The number of carbonyl (C=O) groups excluding carboxylic acids is 4. The Morgan fingerprint density at radius 1 is 1.05 bits per heavy atom. The van der Waals surface area contributed by atoms with E-state index in [1.54, 1.807) is 48.5 Å². The standard InChI is InChI=1S/C30H25ClN4O6/c1-15-2-6-23(20(31)10-15)35-9-8-22(30(35)39)34-29(38)27(36)19-13-33-21-5-3-16(11-18(19)21)26(28(32)37)17-4-7-24-25(12-17)41-14-40-24/h2-7,10-13,22,26,33H,8-9,14H2,1H3,(H2,32,37)(H,34,38). The molecule has 0 aliphatic carbocycles. The predicted molar refractivity (Wildman–Crippen MR) is 151 cm³/mol. The zero-order valence-corrected chi connectivity index (χ0v) is 22.7. The first kappa shape index (κ1) is 26.4. The number of carbonyl (C=O) groups is 4. The normalized spacial score (nSPS) is 16.7. The smallest absolute Gasteiger partial charge is 0.293 e. The number of H-pyrrole nitrogens is 1. The van der Waals surface area contributed by atoms with Crippen molar-refractivity contribution in [3.8, 4) is 11.5 Å². The highest BCUT2D eigenvalue weighted by Gasteiger charge is 2.36. The number of fused-ring (bicyclic) bond motifs is 2. The molecule has 1 saturated heterocycles. The van der Waals surface area contributed by atoms with Crippen molar-refractivity contribution in [2.24, 2.45) is 5.73 Å². The lowest BCUT2D eigenvalue weighted by molar-refractivity contribution is -0.124. The van der Waals surface area contributed by atoms with Crippen LogP contribution in [0.3, 0.4) is 0 Å². The molecule has 0 bridgehead atoms. The van der Waals surface area contributed by atoms with E-state index in [9.17, 15) is 19.2 Å². The van der Waals surface area contributed by atoms with Crippen molar-refractivity contribution in [1.82, 2.24) is 10.3 Å². The van der Waals surface area contributed by atoms with Gasteiger partial charge in [0.25, 0.3) is 11.7 Å². The number of nitrogens with zero attached hydrogens (tertiary/aromatic N) is 1. The number of anilines is 1. The minimum atomic E-state index is -0.909. The first-order chi connectivity index (χ1) is 19.7. The Morgan fingerprint density at radius 3 is 2.59 bits per heavy atom. The van der Waals surface area contributed by atoms with Gasteiger partial charge in [-0.25, -0.2) is 0 Å². The topological polar surface area (TPSA) is 144 Å². The quantitative estimate of drug-likeness (QED) is 0.228. The van der Waals surface area contributed by atoms with Crippen molar-refractivity contribution in [3.05, 3.63) is 88.1 Å². The number of halogens is 1. The maximum atomic E-state index is 13.3. The van der Waals surface area contributed by atoms with Crippen LogP contribution >= 0.6 is 11.6 Å². The second-order valence-corrected chi connectivity index (χ2v) is 10.5. The summed E-state index contributed by atoms with van der Waals surface area (Å²) in [5, 5.41) is 3.46. The molecule has 3 amide bonds. The molecule has 3 aromatic carbocycles. The van der Waals surface area contributed by atoms with Crippen LogP contribution in [0.4, 0.5) is 5.69 Å². The minimum absolute atomic E-state index is 0.0903. The SMILES string of the molecule is Cc1ccc(N2CCC(NC(=O)C(=O)c3c[nH]c4ccc(C(C(N)=O)c5ccc6c(c5)OCO6)cc34)C2=O)c(Cl)c1. The Labute approximate surface area is 239 Å². The molecule has 4 aromatic rings. The molecule has 4 N–H and O–H groups in total. The fourth-order valence-corrected chi connectivity index (χ4v) is 5.69. The summed E-state index contributed by atoms with van der Waals surface area (Å²) in [5.41, 5.74) is 9.14. The lowest BCUT2D eigenvalue weighted by atomic mass is 9.89. The number of nitrogens with two attached hydrogens (primary N) is 1. The maximum Gasteiger partial charge on any atom is 0.293 e. The van der Waals surface area contributed by atoms with E-state index in [4.69, 9.17) is 26.8 Å². The van der Waals surface area contributed by atoms with E-state index in [-0.39, 0.29) is 18.3 Å². The number of amides is 3. The second kappa shape index (κ2) is 10.3. The third kappa shape index (κ3) is 4.76. The van der Waals surface area contributed by atoms with Gasteiger partial charge in [-0.2, -0.15) is 0 Å². The number of benzene rings is 3. The van der Waals surface area contributed by atoms with Gasteiger partial charge in [0.1, 0.15) is 6.04 Å². The molecule has 0 saturated carbocycles. The fraction of sp³-hybridized carbons (Fsp3) is 0.200. The third-order valence-electron chi connectivity index (χ3n) is 7.41. The third-order valence-corrected chi connectivity index (χ3v) is 7.71. The number of hydrogen-bond donors (Lipinski definition) is 3. The number of aromatic nitrogens is 1. The van der Waals surface area contributed by atoms with Gasteiger partial charge >= 0.3 is 0 Å². The molecule has 0 spiro atoms. The zero-order valence-electron chi connectivity index (χ0n) is 21.9. The number of primary amides is 1. The predicted octanol–water partition coefficient (Wildman–Crippen LogP) is 3.58. The van der Waals surface area contributed by atoms with Crippen LogP contribution in [0.5, 0.6) is 11.5 Å². The number of hydrogen-bond acceptors (Lipinski definition) is 6. The Kier molecular flexibility index (Phi) is 6.63. The summed E-state index contributed by atoms with van der Waals surface area (Å²) in [5.74, 6) is -2.42. The van der Waals surface area contributed by atoms with Gasteiger partial charge in [-0.1, -0.05) is 29.8 Å². The number of aryl methyl sites for hydroxylation is 1. The van der Waals surface area contributed by atoms with Gasteiger partial charge in [-0.3, -0.25) is 19.2 Å². The summed E-state index contributed by atoms with van der Waals surface area (Å²) in [6.45, 7) is 2.34. The highest BCUT2D eigenvalue weighted by Crippen LogP contribution is 2.37. The first-order valence-corrected chi connectivity index (χ1v) is 13.3. The summed E-state index contributed by atoms with van der Waals surface area (Å²) < 4.78 is 10.8. The summed E-state index contributed by atoms with van der Waals surface area (Å²) in [7, 11) is 0. The van der Waals surface area contributed by atoms with Crippen LogP contribution < -0.4 is 25.4 Å². The molecule has 6 rings (SSSR count). The monoisotopic (exact) mass is 572 g/mol. The van der Waals surface area contributed by atoms with E-state index in [1.165, 1.54) is 11.1 Å². The number of Topliss-reactive ketones (excluding diaryl/α,β-unsaturated/α-hetero) is 1. The largest absolute Gasteiger partial charge is 0.454 e. The molecule has 2 unspecified atom stereocenters. The van der Waals surface area contributed by atoms with Crippen LogP contribution in [0.1, 0.15) is 39.4 Å². The summed E-state index contributed by atoms with van der Waals surface area (Å²) in [6.07, 6.45) is 1.76. The lowest BCUT2D eigenvalue weighted by Crippen LogP contribution is -2.44. The first-order valence-electron chi connectivity index (χ1n) is 12.9. The Balaban J connectivity index is 1.23. The van der Waals surface area contributed by atoms with Gasteiger partial charge in [0.15, 0.2) is 11.5 Å². The van der Waals surface area contributed by atoms with Crippen molar-refractivity contribution < 1.29 is 28.7 Å². The van der Waals surface area contributed by atoms with Gasteiger partial charge in [0.2, 0.25) is 18.6 Å². The van der Waals surface area contributed by atoms with Crippen molar-refractivity contribution in [3.63, 3.8) is 0 Å². The van der Waals surface area contributed by atoms with Gasteiger partial charge in [0, 0.05) is 23.6 Å². The van der Waals surface area contributed by atoms with Crippen LogP contribution in [0.2, 0.25) is 5.02 Å². The van der Waals surface area contributed by atoms with Gasteiger partial charge < -0.3 is 30.4 Å². The van der Waals surface area contributed by atoms with Gasteiger partial charge in [-0.05, 0) is 66.4 Å². The summed E-state index contributed by atoms with van der Waals surface area (Å²) >= 11 is 6.34. The lowest BCUT2D eigenvalue weighted by Gasteiger charge is -2.19. The number of nitrogens with one attached hydrogen (secondary N) is 2. The maximum absolute atomic E-state index is 13.3. The summed E-state index contributed by atoms with van der Waals surface area (Å²) in [4.78, 5) is 56.4. The van der Waals surface area contributed by atoms with Gasteiger partial charge in [0.05, 0.1) is 22.2 Å². The number of ketones is 1. The van der Waals surface area contributed by atoms with Crippen LogP contribution in [-0.2, 0) is 14.4 Å². The molecule has 2 atom stereocenters. The van der Waals surface area contributed by atoms with Crippen molar-refractivity contribution in [2.75, 3.05) is 18.2 Å². The average Bonchev–Trinajstić information content (AvgIpc) is 3.67. The van der Waals surface area contributed by atoms with E-state index in [0.717, 1.165) is 5.56 Å². The van der Waals surface area contributed by atoms with Crippen molar-refractivity contribution >= 4 is 51.7 Å². The molecule has 10 nitrogen and oxygen atoms in total. The number of rotatable bonds is 7. The number of ether oxygens (including phenoxy) is 2. The average molecular weight is 573 g/mol. The molecule has 1 aromatic heterocycles. The van der Waals surface area contributed by atoms with Crippen molar-refractivity contribution in [1.29, 1.82) is 0 Å². The number of aromatic amines is 1. The van der Waals surface area contributed by atoms with Gasteiger partial charge in [-0.15, -0.1) is 0 Å². The van der Waals surface area contributed by atoms with Crippen LogP contribution in [0, 0.1) is 6.92 Å². The highest BCUT2D eigenvalue weighted by atomic mass is 35.5. The van der Waals surface area contributed by atoms with Crippen LogP contribution in [0.15, 0.2) is 60.8 Å². The van der Waals surface area contributed by atoms with E-state index in [2.05, 4.69) is 10.3 Å². The molecule has 2 aliphatic heterocycles. The molecule has 11 heteroatoms. The molecule has 41 heavy (non-hydrogen) atoms. The molecular formula is C30H25ClN4O6. The summed E-state index contributed by atoms with van der Waals surface area (Å²) in [6, 6.07) is 14.8. The molecule has 1 fully saturated rings. The molecular weight excluding hydrogens is 548 g/mol. The van der Waals surface area contributed by atoms with Crippen LogP contribution in [-0.4, -0.2) is 47.9 Å². The zero-order chi connectivity index (χ0) is 28.8.